The first-order valence-electron chi connectivity index (χ1n) is 22.4. The first-order valence-corrected chi connectivity index (χ1v) is 22.4. The van der Waals surface area contributed by atoms with Gasteiger partial charge in [-0.15, -0.1) is 0 Å². The molecule has 0 saturated heterocycles. The third-order valence-corrected chi connectivity index (χ3v) is 11.3. The third kappa shape index (κ3) is 17.7. The predicted molar refractivity (Wildman–Crippen MR) is 240 cm³/mol. The molecule has 2 aromatic carbocycles. The van der Waals surface area contributed by atoms with Crippen LogP contribution in [0.1, 0.15) is 148 Å². The molecule has 11 heteroatoms. The number of ketones is 2. The molecule has 0 atom stereocenters. The minimum atomic E-state index is -1.46. The van der Waals surface area contributed by atoms with E-state index in [1.54, 1.807) is 6.92 Å². The van der Waals surface area contributed by atoms with E-state index >= 15 is 0 Å². The van der Waals surface area contributed by atoms with Crippen molar-refractivity contribution in [2.45, 2.75) is 144 Å². The van der Waals surface area contributed by atoms with Crippen molar-refractivity contribution in [3.63, 3.8) is 0 Å². The molecule has 0 spiro atoms. The summed E-state index contributed by atoms with van der Waals surface area (Å²) < 4.78 is 28.4. The van der Waals surface area contributed by atoms with E-state index in [4.69, 9.17) is 23.7 Å². The number of aryl methyl sites for hydroxylation is 2. The van der Waals surface area contributed by atoms with Crippen molar-refractivity contribution in [2.24, 2.45) is 11.3 Å². The number of carbonyl (C=O) groups is 6. The molecule has 340 valence electrons. The topological polar surface area (TPSA) is 149 Å². The summed E-state index contributed by atoms with van der Waals surface area (Å²) in [6.45, 7) is 15.8. The molecule has 1 aliphatic carbocycles. The normalized spacial score (nSPS) is 14.9. The van der Waals surface area contributed by atoms with Gasteiger partial charge in [0.1, 0.15) is 62.0 Å². The van der Waals surface area contributed by atoms with Gasteiger partial charge in [0.15, 0.2) is 0 Å². The summed E-state index contributed by atoms with van der Waals surface area (Å²) in [5, 5.41) is 0. The molecule has 1 aliphatic rings. The van der Waals surface area contributed by atoms with E-state index in [9.17, 15) is 28.8 Å². The van der Waals surface area contributed by atoms with Crippen molar-refractivity contribution in [3.8, 4) is 16.9 Å². The molecule has 0 heterocycles. The second-order valence-corrected chi connectivity index (χ2v) is 17.3. The third-order valence-electron chi connectivity index (χ3n) is 11.3. The van der Waals surface area contributed by atoms with Crippen molar-refractivity contribution in [1.29, 1.82) is 0 Å². The van der Waals surface area contributed by atoms with Crippen LogP contribution in [0, 0.1) is 11.3 Å². The van der Waals surface area contributed by atoms with Crippen LogP contribution in [-0.2, 0) is 60.6 Å². The van der Waals surface area contributed by atoms with Gasteiger partial charge in [0.2, 0.25) is 0 Å². The van der Waals surface area contributed by atoms with Crippen LogP contribution in [0.5, 0.6) is 5.75 Å². The largest absolute Gasteiger partial charge is 0.492 e. The van der Waals surface area contributed by atoms with Gasteiger partial charge in [-0.05, 0) is 124 Å². The summed E-state index contributed by atoms with van der Waals surface area (Å²) in [4.78, 5) is 73.4. The van der Waals surface area contributed by atoms with Gasteiger partial charge < -0.3 is 23.7 Å². The molecule has 0 bridgehead atoms. The lowest BCUT2D eigenvalue weighted by Crippen LogP contribution is -2.44. The number of hydrogen-bond acceptors (Lipinski definition) is 11. The van der Waals surface area contributed by atoms with E-state index in [0.717, 1.165) is 29.0 Å². The minimum absolute atomic E-state index is 0.113. The van der Waals surface area contributed by atoms with Gasteiger partial charge in [0.05, 0.1) is 6.61 Å². The summed E-state index contributed by atoms with van der Waals surface area (Å²) in [5.41, 5.74) is 4.47. The maximum atomic E-state index is 12.6. The van der Waals surface area contributed by atoms with Crippen LogP contribution < -0.4 is 4.74 Å². The van der Waals surface area contributed by atoms with E-state index in [2.05, 4.69) is 51.3 Å². The Hall–Kier alpha value is -5.06. The van der Waals surface area contributed by atoms with Crippen molar-refractivity contribution in [3.05, 3.63) is 77.4 Å². The number of benzene rings is 2. The van der Waals surface area contributed by atoms with Crippen molar-refractivity contribution in [1.82, 2.24) is 0 Å². The molecular weight excluding hydrogens is 789 g/mol. The van der Waals surface area contributed by atoms with E-state index < -0.39 is 73.5 Å². The number of esters is 4. The van der Waals surface area contributed by atoms with Gasteiger partial charge in [-0.1, -0.05) is 89.8 Å². The molecule has 0 N–H and O–H groups in total. The molecule has 0 radical (unpaired) electrons. The predicted octanol–water partition coefficient (Wildman–Crippen LogP) is 10.1. The van der Waals surface area contributed by atoms with Gasteiger partial charge in [-0.3, -0.25) is 19.2 Å². The first kappa shape index (κ1) is 51.3. The SMILES string of the molecule is C=C(C)C(=O)OCCCc1cc(-c2ccc(C3CCC(CCCCCCC)CC3)cc2CC)ccc1OCC(COC(=O)CC(C)=O)(COC(=O)CC(C)=O)COC(=O)C(=C)C. The number of hydrogen-bond donors (Lipinski definition) is 0. The van der Waals surface area contributed by atoms with Crippen LogP contribution in [0.25, 0.3) is 11.1 Å². The number of ether oxygens (including phenoxy) is 5. The summed E-state index contributed by atoms with van der Waals surface area (Å²) in [7, 11) is 0. The number of carbonyl (C=O) groups excluding carboxylic acids is 6. The molecule has 0 aromatic heterocycles. The van der Waals surface area contributed by atoms with E-state index in [1.807, 2.05) is 12.1 Å². The Balaban J connectivity index is 1.95. The monoisotopic (exact) mass is 858 g/mol. The zero-order valence-corrected chi connectivity index (χ0v) is 38.2. The fourth-order valence-corrected chi connectivity index (χ4v) is 7.70. The van der Waals surface area contributed by atoms with Crippen LogP contribution in [-0.4, -0.2) is 68.5 Å². The zero-order chi connectivity index (χ0) is 45.7. The maximum Gasteiger partial charge on any atom is 0.333 e. The molecule has 0 aliphatic heterocycles. The highest BCUT2D eigenvalue weighted by molar-refractivity contribution is 5.94. The van der Waals surface area contributed by atoms with Crippen molar-refractivity contribution in [2.75, 3.05) is 33.0 Å². The zero-order valence-electron chi connectivity index (χ0n) is 38.2. The Morgan fingerprint density at radius 2 is 1.24 bits per heavy atom. The van der Waals surface area contributed by atoms with E-state index in [-0.39, 0.29) is 18.8 Å². The van der Waals surface area contributed by atoms with Gasteiger partial charge in [0, 0.05) is 11.1 Å². The highest BCUT2D eigenvalue weighted by Crippen LogP contribution is 2.40. The highest BCUT2D eigenvalue weighted by atomic mass is 16.6. The Kier molecular flexibility index (Phi) is 21.9. The average molecular weight is 859 g/mol. The van der Waals surface area contributed by atoms with Crippen LogP contribution >= 0.6 is 0 Å². The lowest BCUT2D eigenvalue weighted by molar-refractivity contribution is -0.163. The van der Waals surface area contributed by atoms with Gasteiger partial charge in [-0.2, -0.15) is 0 Å². The fraction of sp³-hybridized carbons (Fsp3) is 0.569. The first-order chi connectivity index (χ1) is 29.6. The molecular formula is C51H70O11. The summed E-state index contributed by atoms with van der Waals surface area (Å²) in [5.74, 6) is -1.84. The van der Waals surface area contributed by atoms with Crippen LogP contribution in [0.15, 0.2) is 60.7 Å². The maximum absolute atomic E-state index is 12.6. The molecule has 3 rings (SSSR count). The Morgan fingerprint density at radius 1 is 0.645 bits per heavy atom. The second kappa shape index (κ2) is 26.4. The molecule has 62 heavy (non-hydrogen) atoms. The van der Waals surface area contributed by atoms with E-state index in [0.29, 0.717) is 30.1 Å². The number of rotatable bonds is 28. The van der Waals surface area contributed by atoms with E-state index in [1.165, 1.54) is 96.1 Å². The lowest BCUT2D eigenvalue weighted by atomic mass is 9.76. The number of unbranched alkanes of at least 4 members (excludes halogenated alkanes) is 4. The molecule has 0 amide bonds. The summed E-state index contributed by atoms with van der Waals surface area (Å²) >= 11 is 0. The summed E-state index contributed by atoms with van der Waals surface area (Å²) in [6.07, 6.45) is 13.8. The Morgan fingerprint density at radius 3 is 1.82 bits per heavy atom. The molecule has 1 saturated carbocycles. The number of Topliss-reactive ketones (excluding diaryl/α,β-unsaturated/α-hetero) is 2. The average Bonchev–Trinajstić information content (AvgIpc) is 3.24. The smallest absolute Gasteiger partial charge is 0.333 e. The van der Waals surface area contributed by atoms with Crippen molar-refractivity contribution >= 4 is 35.4 Å². The van der Waals surface area contributed by atoms with Crippen LogP contribution in [0.2, 0.25) is 0 Å². The van der Waals surface area contributed by atoms with Crippen molar-refractivity contribution < 1.29 is 52.5 Å². The Bertz CT molecular complexity index is 1830. The summed E-state index contributed by atoms with van der Waals surface area (Å²) in [6, 6.07) is 12.7. The van der Waals surface area contributed by atoms with Gasteiger partial charge >= 0.3 is 23.9 Å². The van der Waals surface area contributed by atoms with Gasteiger partial charge in [-0.25, -0.2) is 9.59 Å². The molecule has 11 nitrogen and oxygen atoms in total. The minimum Gasteiger partial charge on any atom is -0.492 e. The lowest BCUT2D eigenvalue weighted by Gasteiger charge is -2.32. The molecule has 1 fully saturated rings. The van der Waals surface area contributed by atoms with Crippen LogP contribution in [0.4, 0.5) is 0 Å². The van der Waals surface area contributed by atoms with Gasteiger partial charge in [0.25, 0.3) is 0 Å². The van der Waals surface area contributed by atoms with Crippen LogP contribution in [0.3, 0.4) is 0 Å². The molecule has 0 unspecified atom stereocenters. The standard InChI is InChI=1S/C51H70O11/c1-9-11-12-13-14-16-39-18-20-41(21-19-39)42-22-24-45(40(10-2)29-42)43-23-25-46(44(30-43)17-15-26-58-49(56)35(3)4)59-31-51(34-62-50(57)36(5)6,32-60-47(54)27-37(7)52)33-61-48(55)28-38(8)53/h22-25,29-30,39,41H,3,5,9-21,26-28,31-34H2,1-2,4,6-8H3. The Labute approximate surface area is 369 Å². The fourth-order valence-electron chi connectivity index (χ4n) is 7.70. The second-order valence-electron chi connectivity index (χ2n) is 17.3. The quantitative estimate of drug-likeness (QED) is 0.0265. The molecule has 2 aromatic rings. The highest BCUT2D eigenvalue weighted by Gasteiger charge is 2.38.